The van der Waals surface area contributed by atoms with Crippen molar-refractivity contribution < 1.29 is 8.42 Å². The van der Waals surface area contributed by atoms with E-state index in [4.69, 9.17) is 5.84 Å². The first-order valence-corrected chi connectivity index (χ1v) is 7.82. The summed E-state index contributed by atoms with van der Waals surface area (Å²) in [6.07, 6.45) is 1.40. The Balaban J connectivity index is 2.23. The van der Waals surface area contributed by atoms with Gasteiger partial charge < -0.3 is 5.43 Å². The smallest absolute Gasteiger partial charge is 0.243 e. The van der Waals surface area contributed by atoms with Gasteiger partial charge in [0.1, 0.15) is 5.82 Å². The predicted octanol–water partition coefficient (Wildman–Crippen LogP) is 1.50. The molecular formula is C14H18N4O2S. The number of hydrogen-bond donors (Lipinski definition) is 2. The summed E-state index contributed by atoms with van der Waals surface area (Å²) in [5, 5.41) is 0. The number of benzene rings is 1. The minimum Gasteiger partial charge on any atom is -0.308 e. The zero-order chi connectivity index (χ0) is 15.5. The lowest BCUT2D eigenvalue weighted by Crippen LogP contribution is -2.26. The Morgan fingerprint density at radius 3 is 2.52 bits per heavy atom. The van der Waals surface area contributed by atoms with Gasteiger partial charge in [0.2, 0.25) is 10.0 Å². The number of nitrogens with two attached hydrogens (primary N) is 1. The molecule has 0 fully saturated rings. The lowest BCUT2D eigenvalue weighted by Gasteiger charge is -2.17. The van der Waals surface area contributed by atoms with E-state index < -0.39 is 10.0 Å². The largest absolute Gasteiger partial charge is 0.308 e. The van der Waals surface area contributed by atoms with Crippen molar-refractivity contribution in [2.24, 2.45) is 5.84 Å². The molecule has 0 aliphatic rings. The van der Waals surface area contributed by atoms with Crippen molar-refractivity contribution in [3.8, 4) is 0 Å². The van der Waals surface area contributed by atoms with Gasteiger partial charge in [-0.1, -0.05) is 29.8 Å². The first-order valence-electron chi connectivity index (χ1n) is 6.38. The third-order valence-corrected chi connectivity index (χ3v) is 4.91. The monoisotopic (exact) mass is 306 g/mol. The van der Waals surface area contributed by atoms with Crippen LogP contribution in [0.4, 0.5) is 5.82 Å². The van der Waals surface area contributed by atoms with Crippen LogP contribution in [0.3, 0.4) is 0 Å². The molecule has 0 aliphatic heterocycles. The van der Waals surface area contributed by atoms with Gasteiger partial charge in [-0.3, -0.25) is 0 Å². The van der Waals surface area contributed by atoms with Gasteiger partial charge in [0.15, 0.2) is 0 Å². The number of anilines is 1. The molecule has 0 spiro atoms. The fourth-order valence-corrected chi connectivity index (χ4v) is 3.04. The molecule has 0 aliphatic carbocycles. The van der Waals surface area contributed by atoms with Crippen molar-refractivity contribution in [2.45, 2.75) is 18.4 Å². The van der Waals surface area contributed by atoms with Gasteiger partial charge in [-0.05, 0) is 18.6 Å². The molecule has 0 bridgehead atoms. The van der Waals surface area contributed by atoms with Crippen molar-refractivity contribution in [2.75, 3.05) is 12.5 Å². The number of nitrogen functional groups attached to an aromatic ring is 1. The molecule has 1 aromatic carbocycles. The fourth-order valence-electron chi connectivity index (χ4n) is 1.87. The molecule has 1 aromatic heterocycles. The van der Waals surface area contributed by atoms with Crippen molar-refractivity contribution in [3.63, 3.8) is 0 Å². The highest BCUT2D eigenvalue weighted by Gasteiger charge is 2.21. The van der Waals surface area contributed by atoms with E-state index in [-0.39, 0.29) is 4.90 Å². The van der Waals surface area contributed by atoms with Crippen molar-refractivity contribution in [1.29, 1.82) is 0 Å². The van der Waals surface area contributed by atoms with Gasteiger partial charge in [0.05, 0.1) is 4.90 Å². The maximum absolute atomic E-state index is 12.5. The van der Waals surface area contributed by atoms with Crippen LogP contribution in [0.25, 0.3) is 0 Å². The number of hydrogen-bond acceptors (Lipinski definition) is 5. The fraction of sp³-hybridized carbons (Fsp3) is 0.214. The van der Waals surface area contributed by atoms with E-state index in [1.54, 1.807) is 7.05 Å². The number of nitrogens with one attached hydrogen (secondary N) is 1. The molecule has 21 heavy (non-hydrogen) atoms. The van der Waals surface area contributed by atoms with Gasteiger partial charge in [-0.15, -0.1) is 0 Å². The standard InChI is InChI=1S/C14H18N4O2S/c1-11-3-5-12(6-4-11)10-18(2)21(19,20)13-7-8-16-14(9-13)17-15/h3-9H,10,15H2,1-2H3,(H,16,17). The number of pyridine rings is 1. The van der Waals surface area contributed by atoms with Gasteiger partial charge in [-0.25, -0.2) is 19.2 Å². The molecule has 0 saturated carbocycles. The zero-order valence-corrected chi connectivity index (χ0v) is 12.8. The van der Waals surface area contributed by atoms with Crippen molar-refractivity contribution in [3.05, 3.63) is 53.7 Å². The van der Waals surface area contributed by atoms with Crippen LogP contribution >= 0.6 is 0 Å². The maximum Gasteiger partial charge on any atom is 0.243 e. The first kappa shape index (κ1) is 15.4. The predicted molar refractivity (Wildman–Crippen MR) is 81.9 cm³/mol. The summed E-state index contributed by atoms with van der Waals surface area (Å²) in [7, 11) is -2.04. The number of nitrogens with zero attached hydrogens (tertiary/aromatic N) is 2. The average molecular weight is 306 g/mol. The van der Waals surface area contributed by atoms with Gasteiger partial charge >= 0.3 is 0 Å². The number of hydrazine groups is 1. The number of sulfonamides is 1. The molecular weight excluding hydrogens is 288 g/mol. The highest BCUT2D eigenvalue weighted by atomic mass is 32.2. The average Bonchev–Trinajstić information content (AvgIpc) is 2.49. The molecule has 6 nitrogen and oxygen atoms in total. The van der Waals surface area contributed by atoms with Gasteiger partial charge in [0.25, 0.3) is 0 Å². The molecule has 0 radical (unpaired) electrons. The minimum absolute atomic E-state index is 0.153. The topological polar surface area (TPSA) is 88.3 Å². The second kappa shape index (κ2) is 6.21. The Labute approximate surface area is 124 Å². The minimum atomic E-state index is -3.58. The molecule has 0 amide bonds. The normalized spacial score (nSPS) is 11.6. The van der Waals surface area contributed by atoms with Gasteiger partial charge in [0, 0.05) is 25.9 Å². The first-order chi connectivity index (χ1) is 9.93. The molecule has 0 saturated heterocycles. The summed E-state index contributed by atoms with van der Waals surface area (Å²) in [6.45, 7) is 2.29. The Morgan fingerprint density at radius 2 is 1.90 bits per heavy atom. The number of aromatic nitrogens is 1. The summed E-state index contributed by atoms with van der Waals surface area (Å²) >= 11 is 0. The number of aryl methyl sites for hydroxylation is 1. The van der Waals surface area contributed by atoms with Gasteiger partial charge in [-0.2, -0.15) is 4.31 Å². The van der Waals surface area contributed by atoms with E-state index >= 15 is 0 Å². The van der Waals surface area contributed by atoms with E-state index in [2.05, 4.69) is 10.4 Å². The Bertz CT molecular complexity index is 714. The number of rotatable bonds is 5. The summed E-state index contributed by atoms with van der Waals surface area (Å²) in [5.74, 6) is 5.56. The van der Waals surface area contributed by atoms with Crippen molar-refractivity contribution >= 4 is 15.8 Å². The highest BCUT2D eigenvalue weighted by Crippen LogP contribution is 2.18. The van der Waals surface area contributed by atoms with E-state index in [1.807, 2.05) is 31.2 Å². The second-order valence-electron chi connectivity index (χ2n) is 4.77. The van der Waals surface area contributed by atoms with Crippen LogP contribution in [0.5, 0.6) is 0 Å². The third kappa shape index (κ3) is 3.57. The Kier molecular flexibility index (Phi) is 4.56. The van der Waals surface area contributed by atoms with Crippen LogP contribution in [0.2, 0.25) is 0 Å². The van der Waals surface area contributed by atoms with E-state index in [0.717, 1.165) is 11.1 Å². The zero-order valence-electron chi connectivity index (χ0n) is 11.9. The summed E-state index contributed by atoms with van der Waals surface area (Å²) in [5.41, 5.74) is 4.41. The Hall–Kier alpha value is -1.96. The molecule has 0 unspecified atom stereocenters. The van der Waals surface area contributed by atoms with Crippen LogP contribution < -0.4 is 11.3 Å². The third-order valence-electron chi connectivity index (χ3n) is 3.11. The summed E-state index contributed by atoms with van der Waals surface area (Å²) in [4.78, 5) is 4.06. The SMILES string of the molecule is Cc1ccc(CN(C)S(=O)(=O)c2ccnc(NN)c2)cc1. The summed E-state index contributed by atoms with van der Waals surface area (Å²) < 4.78 is 26.3. The lowest BCUT2D eigenvalue weighted by atomic mass is 10.1. The summed E-state index contributed by atoms with van der Waals surface area (Å²) in [6, 6.07) is 10.6. The van der Waals surface area contributed by atoms with Crippen molar-refractivity contribution in [1.82, 2.24) is 9.29 Å². The maximum atomic E-state index is 12.5. The van der Waals surface area contributed by atoms with E-state index in [0.29, 0.717) is 12.4 Å². The highest BCUT2D eigenvalue weighted by molar-refractivity contribution is 7.89. The van der Waals surface area contributed by atoms with Crippen LogP contribution in [0.15, 0.2) is 47.5 Å². The molecule has 3 N–H and O–H groups in total. The quantitative estimate of drug-likeness (QED) is 0.645. The van der Waals surface area contributed by atoms with Crippen LogP contribution in [-0.4, -0.2) is 24.8 Å². The molecule has 1 heterocycles. The lowest BCUT2D eigenvalue weighted by molar-refractivity contribution is 0.466. The molecule has 0 atom stereocenters. The van der Waals surface area contributed by atoms with E-state index in [1.165, 1.54) is 22.6 Å². The van der Waals surface area contributed by atoms with E-state index in [9.17, 15) is 8.42 Å². The molecule has 2 aromatic rings. The second-order valence-corrected chi connectivity index (χ2v) is 6.81. The van der Waals surface area contributed by atoms with Crippen LogP contribution in [0.1, 0.15) is 11.1 Å². The molecule has 7 heteroatoms. The molecule has 2 rings (SSSR count). The van der Waals surface area contributed by atoms with Crippen LogP contribution in [-0.2, 0) is 16.6 Å². The molecule has 112 valence electrons. The van der Waals surface area contributed by atoms with Crippen LogP contribution in [0, 0.1) is 6.92 Å². The Morgan fingerprint density at radius 1 is 1.24 bits per heavy atom.